The van der Waals surface area contributed by atoms with Gasteiger partial charge in [-0.05, 0) is 42.3 Å². The Bertz CT molecular complexity index is 885. The van der Waals surface area contributed by atoms with Crippen LogP contribution in [-0.2, 0) is 5.75 Å². The van der Waals surface area contributed by atoms with Crippen molar-refractivity contribution < 1.29 is 4.79 Å². The molecule has 0 spiro atoms. The molecule has 0 aliphatic heterocycles. The normalized spacial score (nSPS) is 12.0. The molecule has 134 valence electrons. The number of halogens is 2. The Morgan fingerprint density at radius 1 is 1.23 bits per heavy atom. The standard InChI is InChI=1S/C18H16Cl2N4OS/c1-11(15-7-6-14(19)8-16(15)20)23-17(25)13-4-2-12(3-5-13)9-26-18-21-10-22-24-18/h2-8,10-11H,9H2,1H3,(H,23,25)(H,21,22,24). The molecule has 1 aromatic heterocycles. The summed E-state index contributed by atoms with van der Waals surface area (Å²) in [6.07, 6.45) is 1.48. The van der Waals surface area contributed by atoms with Crippen molar-refractivity contribution in [2.24, 2.45) is 0 Å². The van der Waals surface area contributed by atoms with E-state index in [1.54, 1.807) is 23.9 Å². The average molecular weight is 407 g/mol. The molecule has 2 aromatic carbocycles. The highest BCUT2D eigenvalue weighted by Gasteiger charge is 2.14. The number of rotatable bonds is 6. The maximum Gasteiger partial charge on any atom is 0.251 e. The molecule has 0 saturated carbocycles. The number of nitrogens with one attached hydrogen (secondary N) is 2. The molecule has 0 radical (unpaired) electrons. The summed E-state index contributed by atoms with van der Waals surface area (Å²) in [6.45, 7) is 1.88. The second kappa shape index (κ2) is 8.58. The third-order valence-electron chi connectivity index (χ3n) is 3.76. The number of hydrogen-bond donors (Lipinski definition) is 2. The Balaban J connectivity index is 1.60. The third kappa shape index (κ3) is 4.78. The molecular formula is C18H16Cl2N4OS. The monoisotopic (exact) mass is 406 g/mol. The molecule has 0 aliphatic rings. The summed E-state index contributed by atoms with van der Waals surface area (Å²) in [7, 11) is 0. The second-order valence-electron chi connectivity index (χ2n) is 5.64. The summed E-state index contributed by atoms with van der Waals surface area (Å²) in [5.41, 5.74) is 2.51. The Labute approximate surface area is 165 Å². The van der Waals surface area contributed by atoms with E-state index in [1.807, 2.05) is 37.3 Å². The first-order chi connectivity index (χ1) is 12.5. The lowest BCUT2D eigenvalue weighted by molar-refractivity contribution is 0.0940. The molecular weight excluding hydrogens is 391 g/mol. The van der Waals surface area contributed by atoms with Gasteiger partial charge in [-0.3, -0.25) is 9.89 Å². The fraction of sp³-hybridized carbons (Fsp3) is 0.167. The zero-order valence-electron chi connectivity index (χ0n) is 13.9. The van der Waals surface area contributed by atoms with Gasteiger partial charge in [0.2, 0.25) is 0 Å². The van der Waals surface area contributed by atoms with Gasteiger partial charge in [0.25, 0.3) is 5.91 Å². The van der Waals surface area contributed by atoms with Gasteiger partial charge in [0.1, 0.15) is 6.33 Å². The zero-order chi connectivity index (χ0) is 18.5. The average Bonchev–Trinajstić information content (AvgIpc) is 3.13. The molecule has 0 bridgehead atoms. The van der Waals surface area contributed by atoms with Gasteiger partial charge in [0.05, 0.1) is 6.04 Å². The molecule has 0 fully saturated rings. The van der Waals surface area contributed by atoms with Crippen LogP contribution in [0, 0.1) is 0 Å². The van der Waals surface area contributed by atoms with Crippen molar-refractivity contribution in [2.45, 2.75) is 23.9 Å². The Morgan fingerprint density at radius 3 is 2.65 bits per heavy atom. The molecule has 1 unspecified atom stereocenters. The highest BCUT2D eigenvalue weighted by atomic mass is 35.5. The van der Waals surface area contributed by atoms with Gasteiger partial charge in [-0.1, -0.05) is 53.2 Å². The SMILES string of the molecule is CC(NC(=O)c1ccc(CSc2ncn[nH]2)cc1)c1ccc(Cl)cc1Cl. The van der Waals surface area contributed by atoms with E-state index in [9.17, 15) is 4.79 Å². The zero-order valence-corrected chi connectivity index (χ0v) is 16.2. The van der Waals surface area contributed by atoms with E-state index in [0.717, 1.165) is 22.0 Å². The first-order valence-electron chi connectivity index (χ1n) is 7.86. The molecule has 3 aromatic rings. The van der Waals surface area contributed by atoms with E-state index >= 15 is 0 Å². The number of amides is 1. The van der Waals surface area contributed by atoms with Crippen LogP contribution in [0.1, 0.15) is 34.5 Å². The van der Waals surface area contributed by atoms with Crippen LogP contribution in [0.2, 0.25) is 10.0 Å². The van der Waals surface area contributed by atoms with Crippen LogP contribution < -0.4 is 5.32 Å². The number of nitrogens with zero attached hydrogens (tertiary/aromatic N) is 2. The highest BCUT2D eigenvalue weighted by molar-refractivity contribution is 7.98. The summed E-state index contributed by atoms with van der Waals surface area (Å²) in [6, 6.07) is 12.5. The van der Waals surface area contributed by atoms with Crippen molar-refractivity contribution in [1.82, 2.24) is 20.5 Å². The molecule has 3 rings (SSSR count). The van der Waals surface area contributed by atoms with Crippen LogP contribution in [0.15, 0.2) is 53.9 Å². The van der Waals surface area contributed by atoms with E-state index < -0.39 is 0 Å². The summed E-state index contributed by atoms with van der Waals surface area (Å²) < 4.78 is 0. The quantitative estimate of drug-likeness (QED) is 0.571. The maximum atomic E-state index is 12.5. The minimum Gasteiger partial charge on any atom is -0.345 e. The lowest BCUT2D eigenvalue weighted by Gasteiger charge is -2.16. The van der Waals surface area contributed by atoms with Crippen LogP contribution in [-0.4, -0.2) is 21.1 Å². The summed E-state index contributed by atoms with van der Waals surface area (Å²) >= 11 is 13.7. The number of carbonyl (C=O) groups excluding carboxylic acids is 1. The van der Waals surface area contributed by atoms with Crippen LogP contribution >= 0.6 is 35.0 Å². The van der Waals surface area contributed by atoms with Crippen LogP contribution in [0.25, 0.3) is 0 Å². The fourth-order valence-electron chi connectivity index (χ4n) is 2.38. The summed E-state index contributed by atoms with van der Waals surface area (Å²) in [5, 5.41) is 11.4. The van der Waals surface area contributed by atoms with E-state index in [0.29, 0.717) is 15.6 Å². The van der Waals surface area contributed by atoms with Crippen molar-refractivity contribution in [1.29, 1.82) is 0 Å². The van der Waals surface area contributed by atoms with Gasteiger partial charge in [-0.25, -0.2) is 4.98 Å². The first-order valence-corrected chi connectivity index (χ1v) is 9.60. The molecule has 1 amide bonds. The van der Waals surface area contributed by atoms with E-state index in [4.69, 9.17) is 23.2 Å². The number of aromatic amines is 1. The third-order valence-corrected chi connectivity index (χ3v) is 5.27. The maximum absolute atomic E-state index is 12.5. The van der Waals surface area contributed by atoms with Crippen molar-refractivity contribution in [3.63, 3.8) is 0 Å². The van der Waals surface area contributed by atoms with E-state index in [1.165, 1.54) is 6.33 Å². The predicted octanol–water partition coefficient (Wildman–Crippen LogP) is 4.89. The molecule has 1 heterocycles. The largest absolute Gasteiger partial charge is 0.345 e. The smallest absolute Gasteiger partial charge is 0.251 e. The number of aromatic nitrogens is 3. The molecule has 0 aliphatic carbocycles. The van der Waals surface area contributed by atoms with Gasteiger partial charge in [0, 0.05) is 21.4 Å². The molecule has 1 atom stereocenters. The topological polar surface area (TPSA) is 70.7 Å². The molecule has 26 heavy (non-hydrogen) atoms. The van der Waals surface area contributed by atoms with Crippen molar-refractivity contribution >= 4 is 40.9 Å². The van der Waals surface area contributed by atoms with E-state index in [2.05, 4.69) is 20.5 Å². The van der Waals surface area contributed by atoms with Crippen LogP contribution in [0.3, 0.4) is 0 Å². The first kappa shape index (κ1) is 18.8. The molecule has 2 N–H and O–H groups in total. The van der Waals surface area contributed by atoms with Gasteiger partial charge < -0.3 is 5.32 Å². The van der Waals surface area contributed by atoms with Crippen LogP contribution in [0.5, 0.6) is 0 Å². The number of hydrogen-bond acceptors (Lipinski definition) is 4. The summed E-state index contributed by atoms with van der Waals surface area (Å²) in [5.74, 6) is 0.589. The van der Waals surface area contributed by atoms with E-state index in [-0.39, 0.29) is 11.9 Å². The number of thioether (sulfide) groups is 1. The van der Waals surface area contributed by atoms with Gasteiger partial charge >= 0.3 is 0 Å². The molecule has 5 nitrogen and oxygen atoms in total. The molecule has 0 saturated heterocycles. The van der Waals surface area contributed by atoms with Gasteiger partial charge in [-0.15, -0.1) is 0 Å². The minimum atomic E-state index is -0.228. The number of benzene rings is 2. The Morgan fingerprint density at radius 2 is 2.00 bits per heavy atom. The second-order valence-corrected chi connectivity index (χ2v) is 7.44. The van der Waals surface area contributed by atoms with Crippen molar-refractivity contribution in [3.05, 3.63) is 75.5 Å². The summed E-state index contributed by atoms with van der Waals surface area (Å²) in [4.78, 5) is 16.5. The number of carbonyl (C=O) groups is 1. The predicted molar refractivity (Wildman–Crippen MR) is 105 cm³/mol. The minimum absolute atomic E-state index is 0.155. The molecule has 8 heteroatoms. The van der Waals surface area contributed by atoms with Crippen molar-refractivity contribution in [2.75, 3.05) is 0 Å². The van der Waals surface area contributed by atoms with Crippen molar-refractivity contribution in [3.8, 4) is 0 Å². The Kier molecular flexibility index (Phi) is 6.19. The van der Waals surface area contributed by atoms with Gasteiger partial charge in [-0.2, -0.15) is 5.10 Å². The Hall–Kier alpha value is -2.02. The number of H-pyrrole nitrogens is 1. The van der Waals surface area contributed by atoms with Crippen LogP contribution in [0.4, 0.5) is 0 Å². The fourth-order valence-corrected chi connectivity index (χ4v) is 3.69. The lowest BCUT2D eigenvalue weighted by Crippen LogP contribution is -2.26. The lowest BCUT2D eigenvalue weighted by atomic mass is 10.1. The van der Waals surface area contributed by atoms with Gasteiger partial charge in [0.15, 0.2) is 5.16 Å². The highest BCUT2D eigenvalue weighted by Crippen LogP contribution is 2.26.